The van der Waals surface area contributed by atoms with Crippen LogP contribution in [-0.4, -0.2) is 17.7 Å². The van der Waals surface area contributed by atoms with Crippen LogP contribution in [0.5, 0.6) is 0 Å². The largest absolute Gasteiger partial charge is 0.387 e. The van der Waals surface area contributed by atoms with Crippen LogP contribution in [0.25, 0.3) is 0 Å². The lowest BCUT2D eigenvalue weighted by atomic mass is 9.96. The molecule has 0 heterocycles. The van der Waals surface area contributed by atoms with Gasteiger partial charge in [-0.15, -0.1) is 0 Å². The molecule has 1 aliphatic rings. The van der Waals surface area contributed by atoms with Crippen LogP contribution >= 0.6 is 0 Å². The topological polar surface area (TPSA) is 32.3 Å². The fourth-order valence-corrected chi connectivity index (χ4v) is 2.79. The summed E-state index contributed by atoms with van der Waals surface area (Å²) in [5, 5.41) is 13.5. The van der Waals surface area contributed by atoms with E-state index in [9.17, 15) is 9.50 Å². The molecule has 0 aliphatic heterocycles. The van der Waals surface area contributed by atoms with Crippen molar-refractivity contribution in [2.24, 2.45) is 0 Å². The Hall–Kier alpha value is -0.930. The van der Waals surface area contributed by atoms with Gasteiger partial charge in [0.25, 0.3) is 0 Å². The highest BCUT2D eigenvalue weighted by atomic mass is 19.1. The Morgan fingerprint density at radius 2 is 1.74 bits per heavy atom. The molecule has 1 aliphatic carbocycles. The van der Waals surface area contributed by atoms with Crippen LogP contribution in [0.2, 0.25) is 0 Å². The van der Waals surface area contributed by atoms with Gasteiger partial charge >= 0.3 is 0 Å². The zero-order valence-corrected chi connectivity index (χ0v) is 11.4. The van der Waals surface area contributed by atoms with Crippen molar-refractivity contribution in [1.82, 2.24) is 5.32 Å². The fourth-order valence-electron chi connectivity index (χ4n) is 2.79. The molecule has 2 rings (SSSR count). The zero-order chi connectivity index (χ0) is 13.5. The standard InChI is InChI=1S/C16H24FNO/c17-15-11-7-6-10-14(15)16(19)12-18-13-8-4-2-1-3-5-9-13/h6-7,10-11,13,16,18-19H,1-5,8-9,12H2. The Labute approximate surface area is 115 Å². The Morgan fingerprint density at radius 1 is 1.11 bits per heavy atom. The molecule has 0 saturated heterocycles. The van der Waals surface area contributed by atoms with Crippen molar-refractivity contribution >= 4 is 0 Å². The smallest absolute Gasteiger partial charge is 0.129 e. The Bertz CT molecular complexity index is 375. The third kappa shape index (κ3) is 4.59. The summed E-state index contributed by atoms with van der Waals surface area (Å²) in [4.78, 5) is 0. The molecule has 106 valence electrons. The van der Waals surface area contributed by atoms with Gasteiger partial charge in [0, 0.05) is 18.2 Å². The van der Waals surface area contributed by atoms with Crippen molar-refractivity contribution < 1.29 is 9.50 Å². The SMILES string of the molecule is OC(CNC1CCCCCCC1)c1ccccc1F. The van der Waals surface area contributed by atoms with Crippen molar-refractivity contribution in [3.8, 4) is 0 Å². The monoisotopic (exact) mass is 265 g/mol. The third-order valence-electron chi connectivity index (χ3n) is 3.97. The summed E-state index contributed by atoms with van der Waals surface area (Å²) in [5.74, 6) is -0.325. The number of hydrogen-bond donors (Lipinski definition) is 2. The van der Waals surface area contributed by atoms with E-state index in [1.54, 1.807) is 18.2 Å². The van der Waals surface area contributed by atoms with Crippen molar-refractivity contribution in [2.45, 2.75) is 57.1 Å². The summed E-state index contributed by atoms with van der Waals surface area (Å²) in [6.07, 6.45) is 8.08. The lowest BCUT2D eigenvalue weighted by Crippen LogP contribution is -2.33. The molecule has 1 fully saturated rings. The number of halogens is 1. The van der Waals surface area contributed by atoms with Gasteiger partial charge < -0.3 is 10.4 Å². The number of aliphatic hydroxyl groups is 1. The lowest BCUT2D eigenvalue weighted by molar-refractivity contribution is 0.162. The molecule has 1 aromatic carbocycles. The second-order valence-corrected chi connectivity index (χ2v) is 5.49. The molecule has 2 nitrogen and oxygen atoms in total. The van der Waals surface area contributed by atoms with E-state index < -0.39 is 6.10 Å². The first-order valence-corrected chi connectivity index (χ1v) is 7.43. The van der Waals surface area contributed by atoms with E-state index in [0.29, 0.717) is 18.2 Å². The highest BCUT2D eigenvalue weighted by Gasteiger charge is 2.15. The van der Waals surface area contributed by atoms with Crippen LogP contribution in [0.4, 0.5) is 4.39 Å². The van der Waals surface area contributed by atoms with Crippen molar-refractivity contribution in [3.05, 3.63) is 35.6 Å². The van der Waals surface area contributed by atoms with Crippen molar-refractivity contribution in [2.75, 3.05) is 6.54 Å². The molecule has 1 unspecified atom stereocenters. The maximum absolute atomic E-state index is 13.5. The Morgan fingerprint density at radius 3 is 2.42 bits per heavy atom. The number of nitrogens with one attached hydrogen (secondary N) is 1. The van der Waals surface area contributed by atoms with Crippen molar-refractivity contribution in [3.63, 3.8) is 0 Å². The van der Waals surface area contributed by atoms with Gasteiger partial charge in [-0.05, 0) is 18.9 Å². The van der Waals surface area contributed by atoms with Gasteiger partial charge in [0.15, 0.2) is 0 Å². The molecule has 1 atom stereocenters. The van der Waals surface area contributed by atoms with Gasteiger partial charge in [-0.3, -0.25) is 0 Å². The summed E-state index contributed by atoms with van der Waals surface area (Å²) >= 11 is 0. The average Bonchev–Trinajstić information content (AvgIpc) is 2.37. The van der Waals surface area contributed by atoms with Gasteiger partial charge in [-0.25, -0.2) is 4.39 Å². The van der Waals surface area contributed by atoms with Gasteiger partial charge in [-0.1, -0.05) is 50.3 Å². The molecule has 0 bridgehead atoms. The van der Waals surface area contributed by atoms with E-state index in [2.05, 4.69) is 5.32 Å². The molecular formula is C16H24FNO. The first-order valence-electron chi connectivity index (χ1n) is 7.43. The predicted octanol–water partition coefficient (Wildman–Crippen LogP) is 3.56. The Kier molecular flexibility index (Phi) is 5.80. The van der Waals surface area contributed by atoms with E-state index in [1.807, 2.05) is 0 Å². The van der Waals surface area contributed by atoms with Crippen LogP contribution < -0.4 is 5.32 Å². The van der Waals surface area contributed by atoms with E-state index in [-0.39, 0.29) is 5.82 Å². The number of rotatable bonds is 4. The molecule has 0 spiro atoms. The van der Waals surface area contributed by atoms with E-state index in [0.717, 1.165) is 0 Å². The maximum Gasteiger partial charge on any atom is 0.129 e. The molecule has 3 heteroatoms. The minimum absolute atomic E-state index is 0.325. The van der Waals surface area contributed by atoms with E-state index in [4.69, 9.17) is 0 Å². The molecule has 1 aromatic rings. The summed E-state index contributed by atoms with van der Waals surface area (Å²) in [7, 11) is 0. The van der Waals surface area contributed by atoms with Crippen molar-refractivity contribution in [1.29, 1.82) is 0 Å². The predicted molar refractivity (Wildman–Crippen MR) is 75.5 cm³/mol. The summed E-state index contributed by atoms with van der Waals surface area (Å²) in [6.45, 7) is 0.436. The first kappa shape index (κ1) is 14.5. The highest BCUT2D eigenvalue weighted by Crippen LogP contribution is 2.19. The molecule has 0 radical (unpaired) electrons. The molecule has 1 saturated carbocycles. The van der Waals surface area contributed by atoms with Crippen LogP contribution in [0.15, 0.2) is 24.3 Å². The molecular weight excluding hydrogens is 241 g/mol. The Balaban J connectivity index is 1.82. The fraction of sp³-hybridized carbons (Fsp3) is 0.625. The molecule has 19 heavy (non-hydrogen) atoms. The van der Waals surface area contributed by atoms with Gasteiger partial charge in [-0.2, -0.15) is 0 Å². The van der Waals surface area contributed by atoms with Gasteiger partial charge in [0.2, 0.25) is 0 Å². The maximum atomic E-state index is 13.5. The minimum atomic E-state index is -0.758. The average molecular weight is 265 g/mol. The van der Waals surface area contributed by atoms with E-state index in [1.165, 1.54) is 51.0 Å². The van der Waals surface area contributed by atoms with E-state index >= 15 is 0 Å². The number of aliphatic hydroxyl groups excluding tert-OH is 1. The second-order valence-electron chi connectivity index (χ2n) is 5.49. The van der Waals surface area contributed by atoms with Gasteiger partial charge in [0.1, 0.15) is 5.82 Å². The second kappa shape index (κ2) is 7.61. The van der Waals surface area contributed by atoms with Crippen LogP contribution in [0.3, 0.4) is 0 Å². The number of benzene rings is 1. The minimum Gasteiger partial charge on any atom is -0.387 e. The van der Waals surface area contributed by atoms with Gasteiger partial charge in [0.05, 0.1) is 6.10 Å². The quantitative estimate of drug-likeness (QED) is 0.872. The normalized spacial score (nSPS) is 19.7. The lowest BCUT2D eigenvalue weighted by Gasteiger charge is -2.23. The summed E-state index contributed by atoms with van der Waals surface area (Å²) in [5.41, 5.74) is 0.390. The summed E-state index contributed by atoms with van der Waals surface area (Å²) in [6, 6.07) is 6.93. The molecule has 0 aromatic heterocycles. The number of hydrogen-bond acceptors (Lipinski definition) is 2. The summed E-state index contributed by atoms with van der Waals surface area (Å²) < 4.78 is 13.5. The molecule has 2 N–H and O–H groups in total. The third-order valence-corrected chi connectivity index (χ3v) is 3.97. The van der Waals surface area contributed by atoms with Crippen LogP contribution in [0, 0.1) is 5.82 Å². The van der Waals surface area contributed by atoms with Crippen LogP contribution in [-0.2, 0) is 0 Å². The van der Waals surface area contributed by atoms with Crippen LogP contribution in [0.1, 0.15) is 56.6 Å². The molecule has 0 amide bonds. The zero-order valence-electron chi connectivity index (χ0n) is 11.4. The highest BCUT2D eigenvalue weighted by molar-refractivity contribution is 5.19. The first-order chi connectivity index (χ1) is 9.27.